The Bertz CT molecular complexity index is 369. The Morgan fingerprint density at radius 1 is 1.47 bits per heavy atom. The van der Waals surface area contributed by atoms with Gasteiger partial charge in [-0.05, 0) is 31.3 Å². The standard InChI is InChI=1S/C10H15N3OS/c1-7-8(9(11-2)15-12-7)10(14)13-5-3-4-6-13/h11H,3-6H2,1-2H3. The number of aryl methyl sites for hydroxylation is 1. The van der Waals surface area contributed by atoms with Gasteiger partial charge in [-0.15, -0.1) is 0 Å². The molecule has 0 unspecified atom stereocenters. The van der Waals surface area contributed by atoms with Crippen LogP contribution < -0.4 is 5.32 Å². The maximum atomic E-state index is 12.2. The van der Waals surface area contributed by atoms with E-state index in [4.69, 9.17) is 0 Å². The second-order valence-electron chi connectivity index (χ2n) is 3.72. The van der Waals surface area contributed by atoms with Crippen LogP contribution in [0.1, 0.15) is 28.9 Å². The van der Waals surface area contributed by atoms with Gasteiger partial charge in [0, 0.05) is 20.1 Å². The van der Waals surface area contributed by atoms with Gasteiger partial charge in [-0.3, -0.25) is 4.79 Å². The molecule has 0 saturated carbocycles. The van der Waals surface area contributed by atoms with Crippen LogP contribution in [0.3, 0.4) is 0 Å². The van der Waals surface area contributed by atoms with Gasteiger partial charge in [-0.1, -0.05) is 0 Å². The normalized spacial score (nSPS) is 15.7. The van der Waals surface area contributed by atoms with Crippen LogP contribution in [0.2, 0.25) is 0 Å². The molecule has 0 aromatic carbocycles. The van der Waals surface area contributed by atoms with Gasteiger partial charge in [0.15, 0.2) is 0 Å². The van der Waals surface area contributed by atoms with Gasteiger partial charge in [0.2, 0.25) is 0 Å². The van der Waals surface area contributed by atoms with Crippen molar-refractivity contribution >= 4 is 22.4 Å². The Kier molecular flexibility index (Phi) is 2.90. The zero-order valence-corrected chi connectivity index (χ0v) is 9.86. The highest BCUT2D eigenvalue weighted by atomic mass is 32.1. The maximum Gasteiger partial charge on any atom is 0.258 e. The Balaban J connectivity index is 2.27. The highest BCUT2D eigenvalue weighted by Crippen LogP contribution is 2.26. The number of carbonyl (C=O) groups excluding carboxylic acids is 1. The van der Waals surface area contributed by atoms with Gasteiger partial charge >= 0.3 is 0 Å². The number of carbonyl (C=O) groups is 1. The fraction of sp³-hybridized carbons (Fsp3) is 0.600. The molecule has 1 aliphatic heterocycles. The van der Waals surface area contributed by atoms with E-state index < -0.39 is 0 Å². The summed E-state index contributed by atoms with van der Waals surface area (Å²) >= 11 is 1.35. The molecule has 4 nitrogen and oxygen atoms in total. The molecule has 0 aliphatic carbocycles. The van der Waals surface area contributed by atoms with Crippen LogP contribution in [-0.2, 0) is 0 Å². The molecule has 0 spiro atoms. The molecule has 15 heavy (non-hydrogen) atoms. The quantitative estimate of drug-likeness (QED) is 0.833. The summed E-state index contributed by atoms with van der Waals surface area (Å²) in [6.45, 7) is 3.66. The van der Waals surface area contributed by atoms with Crippen LogP contribution in [0.4, 0.5) is 5.00 Å². The van der Waals surface area contributed by atoms with Crippen LogP contribution in [0.5, 0.6) is 0 Å². The maximum absolute atomic E-state index is 12.2. The van der Waals surface area contributed by atoms with E-state index in [0.29, 0.717) is 0 Å². The van der Waals surface area contributed by atoms with Gasteiger partial charge in [0.1, 0.15) is 5.00 Å². The molecular formula is C10H15N3OS. The molecule has 2 heterocycles. The number of hydrogen-bond acceptors (Lipinski definition) is 4. The first kappa shape index (κ1) is 10.4. The van der Waals surface area contributed by atoms with Crippen molar-refractivity contribution in [2.45, 2.75) is 19.8 Å². The number of nitrogens with zero attached hydrogens (tertiary/aromatic N) is 2. The first-order valence-corrected chi connectivity index (χ1v) is 5.94. The van der Waals surface area contributed by atoms with Gasteiger partial charge in [0.25, 0.3) is 5.91 Å². The zero-order chi connectivity index (χ0) is 10.8. The van der Waals surface area contributed by atoms with Gasteiger partial charge in [-0.2, -0.15) is 4.37 Å². The molecule has 1 aromatic rings. The minimum Gasteiger partial charge on any atom is -0.378 e. The van der Waals surface area contributed by atoms with Gasteiger partial charge in [0.05, 0.1) is 11.3 Å². The Hall–Kier alpha value is -1.10. The van der Waals surface area contributed by atoms with E-state index in [9.17, 15) is 4.79 Å². The lowest BCUT2D eigenvalue weighted by Crippen LogP contribution is -2.28. The summed E-state index contributed by atoms with van der Waals surface area (Å²) in [7, 11) is 1.83. The van der Waals surface area contributed by atoms with E-state index in [1.165, 1.54) is 11.5 Å². The number of aromatic nitrogens is 1. The number of anilines is 1. The zero-order valence-electron chi connectivity index (χ0n) is 9.04. The Morgan fingerprint density at radius 3 is 2.73 bits per heavy atom. The molecule has 82 valence electrons. The summed E-state index contributed by atoms with van der Waals surface area (Å²) < 4.78 is 4.21. The molecule has 0 radical (unpaired) electrons. The van der Waals surface area contributed by atoms with E-state index in [-0.39, 0.29) is 5.91 Å². The third-order valence-electron chi connectivity index (χ3n) is 2.70. The summed E-state index contributed by atoms with van der Waals surface area (Å²) in [5.74, 6) is 0.128. The summed E-state index contributed by atoms with van der Waals surface area (Å²) in [6.07, 6.45) is 2.24. The van der Waals surface area contributed by atoms with Crippen molar-refractivity contribution in [1.82, 2.24) is 9.27 Å². The first-order valence-electron chi connectivity index (χ1n) is 5.17. The van der Waals surface area contributed by atoms with E-state index >= 15 is 0 Å². The molecular weight excluding hydrogens is 210 g/mol. The number of amides is 1. The van der Waals surface area contributed by atoms with Crippen LogP contribution in [-0.4, -0.2) is 35.3 Å². The summed E-state index contributed by atoms with van der Waals surface area (Å²) in [6, 6.07) is 0. The second kappa shape index (κ2) is 4.18. The molecule has 1 N–H and O–H groups in total. The molecule has 0 atom stereocenters. The van der Waals surface area contributed by atoms with Crippen LogP contribution in [0.15, 0.2) is 0 Å². The van der Waals surface area contributed by atoms with E-state index in [0.717, 1.165) is 42.2 Å². The van der Waals surface area contributed by atoms with Crippen molar-refractivity contribution in [2.24, 2.45) is 0 Å². The fourth-order valence-corrected chi connectivity index (χ4v) is 2.61. The van der Waals surface area contributed by atoms with E-state index in [1.54, 1.807) is 0 Å². The van der Waals surface area contributed by atoms with Gasteiger partial charge in [-0.25, -0.2) is 0 Å². The van der Waals surface area contributed by atoms with Crippen molar-refractivity contribution in [1.29, 1.82) is 0 Å². The summed E-state index contributed by atoms with van der Waals surface area (Å²) in [4.78, 5) is 14.1. The highest BCUT2D eigenvalue weighted by Gasteiger charge is 2.25. The number of likely N-dealkylation sites (tertiary alicyclic amines) is 1. The minimum absolute atomic E-state index is 0.128. The average molecular weight is 225 g/mol. The van der Waals surface area contributed by atoms with Crippen molar-refractivity contribution < 1.29 is 4.79 Å². The second-order valence-corrected chi connectivity index (χ2v) is 4.49. The summed E-state index contributed by atoms with van der Waals surface area (Å²) in [5, 5.41) is 3.91. The Labute approximate surface area is 93.5 Å². The highest BCUT2D eigenvalue weighted by molar-refractivity contribution is 7.10. The minimum atomic E-state index is 0.128. The molecule has 1 fully saturated rings. The van der Waals surface area contributed by atoms with Crippen molar-refractivity contribution in [3.8, 4) is 0 Å². The third kappa shape index (κ3) is 1.84. The third-order valence-corrected chi connectivity index (χ3v) is 3.65. The van der Waals surface area contributed by atoms with Crippen molar-refractivity contribution in [2.75, 3.05) is 25.5 Å². The molecule has 1 amide bonds. The van der Waals surface area contributed by atoms with Crippen molar-refractivity contribution in [3.63, 3.8) is 0 Å². The molecule has 1 aromatic heterocycles. The molecule has 5 heteroatoms. The van der Waals surface area contributed by atoms with Gasteiger partial charge < -0.3 is 10.2 Å². The monoisotopic (exact) mass is 225 g/mol. The number of hydrogen-bond donors (Lipinski definition) is 1. The largest absolute Gasteiger partial charge is 0.378 e. The van der Waals surface area contributed by atoms with Crippen LogP contribution >= 0.6 is 11.5 Å². The Morgan fingerprint density at radius 2 is 2.13 bits per heavy atom. The predicted molar refractivity (Wildman–Crippen MR) is 61.5 cm³/mol. The van der Waals surface area contributed by atoms with Crippen LogP contribution in [0, 0.1) is 6.92 Å². The van der Waals surface area contributed by atoms with Crippen LogP contribution in [0.25, 0.3) is 0 Å². The lowest BCUT2D eigenvalue weighted by molar-refractivity contribution is 0.0793. The first-order chi connectivity index (χ1) is 7.24. The lowest BCUT2D eigenvalue weighted by atomic mass is 10.2. The molecule has 1 aliphatic rings. The lowest BCUT2D eigenvalue weighted by Gasteiger charge is -2.15. The van der Waals surface area contributed by atoms with E-state index in [1.807, 2.05) is 18.9 Å². The number of rotatable bonds is 2. The molecule has 0 bridgehead atoms. The smallest absolute Gasteiger partial charge is 0.258 e. The van der Waals surface area contributed by atoms with E-state index in [2.05, 4.69) is 9.69 Å². The predicted octanol–water partition coefficient (Wildman–Crippen LogP) is 1.73. The van der Waals surface area contributed by atoms with Crippen molar-refractivity contribution in [3.05, 3.63) is 11.3 Å². The fourth-order valence-electron chi connectivity index (χ4n) is 1.87. The molecule has 2 rings (SSSR count). The SMILES string of the molecule is CNc1snc(C)c1C(=O)N1CCCC1. The number of nitrogens with one attached hydrogen (secondary N) is 1. The summed E-state index contributed by atoms with van der Waals surface area (Å²) in [5.41, 5.74) is 1.59. The molecule has 1 saturated heterocycles. The average Bonchev–Trinajstić information content (AvgIpc) is 2.85. The topological polar surface area (TPSA) is 45.2 Å².